The van der Waals surface area contributed by atoms with Crippen molar-refractivity contribution in [3.05, 3.63) is 47.1 Å². The summed E-state index contributed by atoms with van der Waals surface area (Å²) in [6.45, 7) is 9.23. The minimum Gasteiger partial charge on any atom is -0.458 e. The van der Waals surface area contributed by atoms with Gasteiger partial charge in [0, 0.05) is 17.6 Å². The van der Waals surface area contributed by atoms with Crippen LogP contribution in [0.4, 0.5) is 0 Å². The number of carbonyl (C=O) groups excluding carboxylic acids is 2. The number of hydrogen-bond acceptors (Lipinski definition) is 5. The van der Waals surface area contributed by atoms with Gasteiger partial charge >= 0.3 is 11.9 Å². The smallest absolute Gasteiger partial charge is 0.334 e. The minimum absolute atomic E-state index is 0.229. The quantitative estimate of drug-likeness (QED) is 0.483. The normalized spacial score (nSPS) is 27.8. The van der Waals surface area contributed by atoms with Crippen molar-refractivity contribution >= 4 is 11.9 Å². The Morgan fingerprint density at radius 1 is 1.44 bits per heavy atom. The molecule has 0 spiro atoms. The summed E-state index contributed by atoms with van der Waals surface area (Å²) >= 11 is 0. The number of esters is 2. The van der Waals surface area contributed by atoms with E-state index in [0.29, 0.717) is 17.6 Å². The maximum atomic E-state index is 12.3. The van der Waals surface area contributed by atoms with Gasteiger partial charge in [-0.15, -0.1) is 0 Å². The average Bonchev–Trinajstić information content (AvgIpc) is 2.80. The summed E-state index contributed by atoms with van der Waals surface area (Å²) in [6, 6.07) is 0. The van der Waals surface area contributed by atoms with E-state index in [4.69, 9.17) is 14.6 Å². The molecule has 1 saturated heterocycles. The van der Waals surface area contributed by atoms with E-state index < -0.39 is 30.1 Å². The summed E-state index contributed by atoms with van der Waals surface area (Å²) in [7, 11) is 0. The van der Waals surface area contributed by atoms with Gasteiger partial charge in [-0.25, -0.2) is 9.59 Å². The zero-order valence-corrected chi connectivity index (χ0v) is 15.1. The monoisotopic (exact) mass is 346 g/mol. The molecule has 0 radical (unpaired) electrons. The molecule has 1 heterocycles. The highest BCUT2D eigenvalue weighted by molar-refractivity contribution is 5.92. The van der Waals surface area contributed by atoms with Crippen molar-refractivity contribution in [3.8, 4) is 0 Å². The molecule has 0 bridgehead atoms. The molecule has 1 aliphatic heterocycles. The fraction of sp³-hybridized carbons (Fsp3) is 0.500. The number of aliphatic hydroxyl groups is 1. The zero-order chi connectivity index (χ0) is 18.6. The van der Waals surface area contributed by atoms with Gasteiger partial charge in [-0.3, -0.25) is 0 Å². The van der Waals surface area contributed by atoms with Crippen LogP contribution in [0, 0.1) is 5.92 Å². The summed E-state index contributed by atoms with van der Waals surface area (Å²) in [4.78, 5) is 24.4. The van der Waals surface area contributed by atoms with E-state index in [2.05, 4.69) is 12.7 Å². The molecule has 0 aromatic rings. The standard InChI is InChI=1S/C20H26O5/c1-12-6-5-7-13(2)11-17-18(15(4)20(23)25-17)16(10-12)24-19(22)14(3)8-9-21/h6,8,11,16-18,21H,4-5,7,9-10H2,1-3H3. The molecule has 2 rings (SSSR count). The number of fused-ring (bicyclic) bond motifs is 1. The molecule has 136 valence electrons. The van der Waals surface area contributed by atoms with Gasteiger partial charge < -0.3 is 14.6 Å². The van der Waals surface area contributed by atoms with Gasteiger partial charge in [-0.1, -0.05) is 23.8 Å². The Kier molecular flexibility index (Phi) is 6.37. The lowest BCUT2D eigenvalue weighted by Gasteiger charge is -2.27. The van der Waals surface area contributed by atoms with Crippen molar-refractivity contribution in [2.75, 3.05) is 6.61 Å². The van der Waals surface area contributed by atoms with Crippen LogP contribution in [-0.4, -0.2) is 35.9 Å². The Labute approximate surface area is 148 Å². The van der Waals surface area contributed by atoms with E-state index in [1.54, 1.807) is 6.92 Å². The molecule has 0 saturated carbocycles. The lowest BCUT2D eigenvalue weighted by molar-refractivity contribution is -0.147. The third kappa shape index (κ3) is 4.69. The second-order valence-corrected chi connectivity index (χ2v) is 6.74. The molecule has 0 aromatic heterocycles. The van der Waals surface area contributed by atoms with Crippen LogP contribution in [0.2, 0.25) is 0 Å². The largest absolute Gasteiger partial charge is 0.458 e. The van der Waals surface area contributed by atoms with E-state index in [1.165, 1.54) is 6.08 Å². The van der Waals surface area contributed by atoms with E-state index in [1.807, 2.05) is 19.9 Å². The molecule has 3 unspecified atom stereocenters. The van der Waals surface area contributed by atoms with Crippen LogP contribution in [0.15, 0.2) is 47.1 Å². The maximum Gasteiger partial charge on any atom is 0.334 e. The highest BCUT2D eigenvalue weighted by atomic mass is 16.6. The minimum atomic E-state index is -0.545. The molecule has 1 N–H and O–H groups in total. The summed E-state index contributed by atoms with van der Waals surface area (Å²) in [6.07, 6.45) is 6.77. The SMILES string of the molecule is C=C1C(=O)OC2C=C(C)CCC=C(C)CC(OC(=O)C(C)=CCO)C12. The zero-order valence-electron chi connectivity index (χ0n) is 15.1. The predicted octanol–water partition coefficient (Wildman–Crippen LogP) is 3.01. The third-order valence-corrected chi connectivity index (χ3v) is 4.64. The molecule has 3 atom stereocenters. The third-order valence-electron chi connectivity index (χ3n) is 4.64. The van der Waals surface area contributed by atoms with Crippen LogP contribution in [0.3, 0.4) is 0 Å². The van der Waals surface area contributed by atoms with Crippen LogP contribution in [0.1, 0.15) is 40.0 Å². The van der Waals surface area contributed by atoms with Crippen molar-refractivity contribution in [1.29, 1.82) is 0 Å². The molecular formula is C20H26O5. The summed E-state index contributed by atoms with van der Waals surface area (Å²) in [5.74, 6) is -1.35. The van der Waals surface area contributed by atoms with Gasteiger partial charge in [0.15, 0.2) is 0 Å². The second-order valence-electron chi connectivity index (χ2n) is 6.74. The Morgan fingerprint density at radius 3 is 2.84 bits per heavy atom. The fourth-order valence-corrected chi connectivity index (χ4v) is 3.18. The first-order chi connectivity index (χ1) is 11.8. The number of carbonyl (C=O) groups is 2. The second kappa shape index (κ2) is 8.30. The highest BCUT2D eigenvalue weighted by Gasteiger charge is 2.44. The average molecular weight is 346 g/mol. The molecule has 0 amide bonds. The van der Waals surface area contributed by atoms with Crippen molar-refractivity contribution in [3.63, 3.8) is 0 Å². The van der Waals surface area contributed by atoms with Crippen molar-refractivity contribution in [2.45, 2.75) is 52.2 Å². The highest BCUT2D eigenvalue weighted by Crippen LogP contribution is 2.36. The Hall–Kier alpha value is -2.14. The van der Waals surface area contributed by atoms with E-state index in [-0.39, 0.29) is 6.61 Å². The van der Waals surface area contributed by atoms with Crippen LogP contribution in [-0.2, 0) is 19.1 Å². The van der Waals surface area contributed by atoms with Crippen molar-refractivity contribution in [1.82, 2.24) is 0 Å². The van der Waals surface area contributed by atoms with Gasteiger partial charge in [0.2, 0.25) is 0 Å². The number of allylic oxidation sites excluding steroid dienone is 2. The van der Waals surface area contributed by atoms with Gasteiger partial charge in [0.1, 0.15) is 12.2 Å². The molecule has 2 aliphatic rings. The molecule has 1 fully saturated rings. The first kappa shape index (κ1) is 19.2. The molecule has 5 heteroatoms. The number of ether oxygens (including phenoxy) is 2. The van der Waals surface area contributed by atoms with E-state index >= 15 is 0 Å². The summed E-state index contributed by atoms with van der Waals surface area (Å²) in [5, 5.41) is 8.96. The van der Waals surface area contributed by atoms with Gasteiger partial charge in [-0.2, -0.15) is 0 Å². The van der Waals surface area contributed by atoms with E-state index in [0.717, 1.165) is 24.0 Å². The molecule has 0 aromatic carbocycles. The molecule has 5 nitrogen and oxygen atoms in total. The summed E-state index contributed by atoms with van der Waals surface area (Å²) < 4.78 is 11.1. The first-order valence-corrected chi connectivity index (χ1v) is 8.54. The van der Waals surface area contributed by atoms with Crippen LogP contribution < -0.4 is 0 Å². The lowest BCUT2D eigenvalue weighted by atomic mass is 9.85. The fourth-order valence-electron chi connectivity index (χ4n) is 3.18. The van der Waals surface area contributed by atoms with Crippen LogP contribution >= 0.6 is 0 Å². The summed E-state index contributed by atoms with van der Waals surface area (Å²) in [5.41, 5.74) is 2.90. The topological polar surface area (TPSA) is 72.8 Å². The first-order valence-electron chi connectivity index (χ1n) is 8.54. The Bertz CT molecular complexity index is 653. The van der Waals surface area contributed by atoms with Gasteiger partial charge in [-0.05, 0) is 45.8 Å². The van der Waals surface area contributed by atoms with Gasteiger partial charge in [0.05, 0.1) is 12.5 Å². The maximum absolute atomic E-state index is 12.3. The van der Waals surface area contributed by atoms with Crippen molar-refractivity contribution < 1.29 is 24.2 Å². The number of hydrogen-bond donors (Lipinski definition) is 1. The number of aliphatic hydroxyl groups excluding tert-OH is 1. The van der Waals surface area contributed by atoms with E-state index in [9.17, 15) is 9.59 Å². The number of rotatable bonds is 3. The van der Waals surface area contributed by atoms with Crippen LogP contribution in [0.25, 0.3) is 0 Å². The van der Waals surface area contributed by atoms with Crippen LogP contribution in [0.5, 0.6) is 0 Å². The molecular weight excluding hydrogens is 320 g/mol. The Balaban J connectivity index is 2.36. The van der Waals surface area contributed by atoms with Crippen molar-refractivity contribution in [2.24, 2.45) is 5.92 Å². The predicted molar refractivity (Wildman–Crippen MR) is 94.6 cm³/mol. The molecule has 1 aliphatic carbocycles. The molecule has 25 heavy (non-hydrogen) atoms. The van der Waals surface area contributed by atoms with Gasteiger partial charge in [0.25, 0.3) is 0 Å². The Morgan fingerprint density at radius 2 is 2.16 bits per heavy atom. The lowest BCUT2D eigenvalue weighted by Crippen LogP contribution is -2.33.